The summed E-state index contributed by atoms with van der Waals surface area (Å²) in [5.41, 5.74) is 2.22. The normalized spacial score (nSPS) is 23.4. The van der Waals surface area contributed by atoms with Gasteiger partial charge in [-0.05, 0) is 30.7 Å². The first-order chi connectivity index (χ1) is 9.63. The van der Waals surface area contributed by atoms with E-state index in [-0.39, 0.29) is 0 Å². The molecule has 2 heterocycles. The minimum absolute atomic E-state index is 0.442. The Bertz CT molecular complexity index is 587. The highest BCUT2D eigenvalue weighted by Gasteiger charge is 2.20. The van der Waals surface area contributed by atoms with E-state index in [0.717, 1.165) is 22.9 Å². The molecule has 1 aliphatic rings. The third-order valence-electron chi connectivity index (χ3n) is 4.28. The van der Waals surface area contributed by atoms with Crippen molar-refractivity contribution in [3.63, 3.8) is 0 Å². The first-order valence-electron chi connectivity index (χ1n) is 7.74. The van der Waals surface area contributed by atoms with Gasteiger partial charge in [0.25, 0.3) is 0 Å². The lowest BCUT2D eigenvalue weighted by molar-refractivity contribution is 0.358. The molecule has 2 unspecified atom stereocenters. The van der Waals surface area contributed by atoms with Crippen LogP contribution >= 0.6 is 0 Å². The van der Waals surface area contributed by atoms with Crippen molar-refractivity contribution >= 4 is 11.3 Å². The Morgan fingerprint density at radius 1 is 1.35 bits per heavy atom. The average Bonchev–Trinajstić information content (AvgIpc) is 2.84. The third kappa shape index (κ3) is 2.65. The molecule has 20 heavy (non-hydrogen) atoms. The quantitative estimate of drug-likeness (QED) is 0.923. The number of aromatic nitrogens is 3. The Morgan fingerprint density at radius 3 is 2.95 bits per heavy atom. The van der Waals surface area contributed by atoms with Crippen molar-refractivity contribution < 1.29 is 0 Å². The number of hydrogen-bond donors (Lipinski definition) is 1. The second-order valence-electron chi connectivity index (χ2n) is 6.44. The van der Waals surface area contributed by atoms with Crippen LogP contribution in [0.3, 0.4) is 0 Å². The van der Waals surface area contributed by atoms with E-state index < -0.39 is 0 Å². The first-order valence-corrected chi connectivity index (χ1v) is 7.74. The van der Waals surface area contributed by atoms with Crippen LogP contribution in [-0.4, -0.2) is 20.6 Å². The van der Waals surface area contributed by atoms with Crippen molar-refractivity contribution in [1.82, 2.24) is 14.6 Å². The van der Waals surface area contributed by atoms with Crippen molar-refractivity contribution in [2.75, 3.05) is 5.32 Å². The van der Waals surface area contributed by atoms with E-state index in [0.29, 0.717) is 12.0 Å². The maximum absolute atomic E-state index is 4.62. The molecule has 3 rings (SSSR count). The van der Waals surface area contributed by atoms with Gasteiger partial charge in [-0.1, -0.05) is 33.6 Å². The zero-order valence-electron chi connectivity index (χ0n) is 12.6. The predicted molar refractivity (Wildman–Crippen MR) is 82.1 cm³/mol. The Balaban J connectivity index is 1.87. The number of fused-ring (bicyclic) bond motifs is 1. The van der Waals surface area contributed by atoms with E-state index in [1.807, 2.05) is 16.9 Å². The van der Waals surface area contributed by atoms with Crippen LogP contribution in [0, 0.1) is 5.92 Å². The zero-order chi connectivity index (χ0) is 14.1. The van der Waals surface area contributed by atoms with Crippen LogP contribution in [0.5, 0.6) is 0 Å². The van der Waals surface area contributed by atoms with E-state index in [1.54, 1.807) is 0 Å². The zero-order valence-corrected chi connectivity index (χ0v) is 12.6. The molecule has 0 amide bonds. The van der Waals surface area contributed by atoms with Crippen LogP contribution in [0.25, 0.3) is 5.52 Å². The molecule has 1 saturated carbocycles. The summed E-state index contributed by atoms with van der Waals surface area (Å²) in [4.78, 5) is 4.53. The minimum Gasteiger partial charge on any atom is -0.366 e. The Morgan fingerprint density at radius 2 is 2.20 bits per heavy atom. The van der Waals surface area contributed by atoms with Gasteiger partial charge in [0.2, 0.25) is 0 Å². The van der Waals surface area contributed by atoms with Crippen molar-refractivity contribution in [2.45, 2.75) is 58.4 Å². The average molecular weight is 272 g/mol. The fraction of sp³-hybridized carbons (Fsp3) is 0.625. The molecule has 0 bridgehead atoms. The van der Waals surface area contributed by atoms with Gasteiger partial charge in [-0.25, -0.2) is 9.50 Å². The Kier molecular flexibility index (Phi) is 3.64. The molecule has 108 valence electrons. The van der Waals surface area contributed by atoms with Crippen LogP contribution in [0.1, 0.15) is 58.1 Å². The van der Waals surface area contributed by atoms with Crippen LogP contribution in [0.4, 0.5) is 5.82 Å². The predicted octanol–water partition coefficient (Wildman–Crippen LogP) is 3.84. The molecule has 2 atom stereocenters. The maximum Gasteiger partial charge on any atom is 0.152 e. The molecule has 4 heteroatoms. The minimum atomic E-state index is 0.442. The summed E-state index contributed by atoms with van der Waals surface area (Å²) < 4.78 is 1.94. The van der Waals surface area contributed by atoms with E-state index in [2.05, 4.69) is 42.2 Å². The van der Waals surface area contributed by atoms with E-state index in [9.17, 15) is 0 Å². The second kappa shape index (κ2) is 5.43. The highest BCUT2D eigenvalue weighted by atomic mass is 15.2. The summed E-state index contributed by atoms with van der Waals surface area (Å²) in [6.07, 6.45) is 8.93. The molecule has 0 saturated heterocycles. The molecule has 0 spiro atoms. The molecule has 2 aromatic heterocycles. The van der Waals surface area contributed by atoms with Crippen molar-refractivity contribution in [3.05, 3.63) is 24.2 Å². The fourth-order valence-corrected chi connectivity index (χ4v) is 3.09. The molecule has 0 aromatic carbocycles. The van der Waals surface area contributed by atoms with Crippen LogP contribution in [0.2, 0.25) is 0 Å². The molecule has 1 fully saturated rings. The molecule has 0 radical (unpaired) electrons. The van der Waals surface area contributed by atoms with E-state index >= 15 is 0 Å². The third-order valence-corrected chi connectivity index (χ3v) is 4.28. The smallest absolute Gasteiger partial charge is 0.152 e. The number of hydrogen-bond acceptors (Lipinski definition) is 3. The fourth-order valence-electron chi connectivity index (χ4n) is 3.09. The number of nitrogens with one attached hydrogen (secondary N) is 1. The lowest BCUT2D eigenvalue weighted by atomic mass is 9.87. The summed E-state index contributed by atoms with van der Waals surface area (Å²) in [6.45, 7) is 6.69. The summed E-state index contributed by atoms with van der Waals surface area (Å²) >= 11 is 0. The van der Waals surface area contributed by atoms with Crippen LogP contribution in [0.15, 0.2) is 18.5 Å². The molecule has 2 aromatic rings. The summed E-state index contributed by atoms with van der Waals surface area (Å²) in [5, 5.41) is 8.25. The SMILES string of the molecule is CC1CCCC(Nc2nccn3nc(C(C)C)cc23)C1. The lowest BCUT2D eigenvalue weighted by Gasteiger charge is -2.27. The van der Waals surface area contributed by atoms with Crippen LogP contribution < -0.4 is 5.32 Å². The maximum atomic E-state index is 4.62. The monoisotopic (exact) mass is 272 g/mol. The van der Waals surface area contributed by atoms with Gasteiger partial charge in [0.05, 0.1) is 5.69 Å². The van der Waals surface area contributed by atoms with E-state index in [1.165, 1.54) is 25.7 Å². The number of anilines is 1. The number of nitrogens with zero attached hydrogens (tertiary/aromatic N) is 3. The number of rotatable bonds is 3. The van der Waals surface area contributed by atoms with Crippen molar-refractivity contribution in [3.8, 4) is 0 Å². The Labute approximate surface area is 120 Å². The highest BCUT2D eigenvalue weighted by molar-refractivity contribution is 5.68. The lowest BCUT2D eigenvalue weighted by Crippen LogP contribution is -2.26. The van der Waals surface area contributed by atoms with Gasteiger partial charge in [0.1, 0.15) is 5.52 Å². The topological polar surface area (TPSA) is 42.2 Å². The van der Waals surface area contributed by atoms with Gasteiger partial charge in [0.15, 0.2) is 5.82 Å². The highest BCUT2D eigenvalue weighted by Crippen LogP contribution is 2.27. The molecule has 1 aliphatic carbocycles. The standard InChI is InChI=1S/C16H24N4/c1-11(2)14-10-15-16(17-7-8-20(15)19-14)18-13-6-4-5-12(3)9-13/h7-8,10-13H,4-6,9H2,1-3H3,(H,17,18). The molecule has 4 nitrogen and oxygen atoms in total. The first kappa shape index (κ1) is 13.4. The van der Waals surface area contributed by atoms with Crippen molar-refractivity contribution in [1.29, 1.82) is 0 Å². The molecule has 0 aliphatic heterocycles. The summed E-state index contributed by atoms with van der Waals surface area (Å²) in [7, 11) is 0. The van der Waals surface area contributed by atoms with Gasteiger partial charge in [-0.3, -0.25) is 0 Å². The second-order valence-corrected chi connectivity index (χ2v) is 6.44. The van der Waals surface area contributed by atoms with Gasteiger partial charge in [0, 0.05) is 18.4 Å². The van der Waals surface area contributed by atoms with Crippen molar-refractivity contribution in [2.24, 2.45) is 5.92 Å². The largest absolute Gasteiger partial charge is 0.366 e. The Hall–Kier alpha value is -1.58. The van der Waals surface area contributed by atoms with Gasteiger partial charge < -0.3 is 5.32 Å². The molecular weight excluding hydrogens is 248 g/mol. The summed E-state index contributed by atoms with van der Waals surface area (Å²) in [6, 6.07) is 2.71. The van der Waals surface area contributed by atoms with E-state index in [4.69, 9.17) is 0 Å². The summed E-state index contributed by atoms with van der Waals surface area (Å²) in [5.74, 6) is 2.24. The van der Waals surface area contributed by atoms with Gasteiger partial charge in [-0.2, -0.15) is 5.10 Å². The van der Waals surface area contributed by atoms with Crippen LogP contribution in [-0.2, 0) is 0 Å². The van der Waals surface area contributed by atoms with Gasteiger partial charge >= 0.3 is 0 Å². The van der Waals surface area contributed by atoms with Gasteiger partial charge in [-0.15, -0.1) is 0 Å². The molecule has 1 N–H and O–H groups in total. The molecular formula is C16H24N4.